The largest absolute Gasteiger partial charge is 0.418 e. The van der Waals surface area contributed by atoms with Crippen molar-refractivity contribution in [2.24, 2.45) is 11.8 Å². The highest BCUT2D eigenvalue weighted by atomic mass is 32.2. The lowest BCUT2D eigenvalue weighted by atomic mass is 10.0. The topological polar surface area (TPSA) is 100 Å². The normalized spacial score (nSPS) is 24.6. The minimum atomic E-state index is -4.44. The van der Waals surface area contributed by atoms with Crippen molar-refractivity contribution in [3.05, 3.63) is 41.6 Å². The molecular weight excluding hydrogens is 525 g/mol. The van der Waals surface area contributed by atoms with E-state index < -0.39 is 21.8 Å². The number of sulfonamides is 1. The Balaban J connectivity index is 1.25. The third-order valence-corrected chi connectivity index (χ3v) is 8.02. The standard InChI is InChI=1S/C24H31F3N6O4S/c1-16-10-31(23(34)33-6-5-22(28-33)29-38(2,35)36)8-7-30(16)11-17-3-4-20(24(25,26)27)21(9-17)32-12-18-14-37-15-19(18)13-32/h3-6,9,16,18-19H,7-8,10-15H2,1-2H3,(H,28,29)/t16-,18?,19?/m1/s1. The predicted molar refractivity (Wildman–Crippen MR) is 134 cm³/mol. The Hall–Kier alpha value is -2.84. The summed E-state index contributed by atoms with van der Waals surface area (Å²) in [6.45, 7) is 6.07. The highest BCUT2D eigenvalue weighted by Gasteiger charge is 2.41. The number of halogens is 3. The molecule has 4 heterocycles. The van der Waals surface area contributed by atoms with E-state index in [-0.39, 0.29) is 35.4 Å². The molecule has 1 aromatic heterocycles. The maximum Gasteiger partial charge on any atom is 0.418 e. The highest BCUT2D eigenvalue weighted by molar-refractivity contribution is 7.92. The van der Waals surface area contributed by atoms with Crippen LogP contribution in [0, 0.1) is 11.8 Å². The maximum atomic E-state index is 13.8. The SMILES string of the molecule is C[C@@H]1CN(C(=O)n2ccc(NS(C)(=O)=O)n2)CCN1Cc1ccc(C(F)(F)F)c(N2CC3COCC3C2)c1. The van der Waals surface area contributed by atoms with Gasteiger partial charge in [-0.05, 0) is 24.6 Å². The van der Waals surface area contributed by atoms with Gasteiger partial charge in [0.2, 0.25) is 10.0 Å². The molecule has 3 aliphatic heterocycles. The van der Waals surface area contributed by atoms with E-state index in [4.69, 9.17) is 4.74 Å². The lowest BCUT2D eigenvalue weighted by Crippen LogP contribution is -2.54. The summed E-state index contributed by atoms with van der Waals surface area (Å²) < 4.78 is 73.1. The van der Waals surface area contributed by atoms with Crippen molar-refractivity contribution >= 4 is 27.6 Å². The quantitative estimate of drug-likeness (QED) is 0.604. The third-order valence-electron chi connectivity index (χ3n) is 7.44. The number of aromatic nitrogens is 2. The van der Waals surface area contributed by atoms with Gasteiger partial charge in [0.05, 0.1) is 25.0 Å². The van der Waals surface area contributed by atoms with Crippen LogP contribution in [0.15, 0.2) is 30.5 Å². The number of carbonyl (C=O) groups is 1. The van der Waals surface area contributed by atoms with Gasteiger partial charge in [0, 0.05) is 75.1 Å². The van der Waals surface area contributed by atoms with Crippen LogP contribution in [0.3, 0.4) is 0 Å². The van der Waals surface area contributed by atoms with Crippen LogP contribution in [0.4, 0.5) is 29.5 Å². The molecule has 38 heavy (non-hydrogen) atoms. The van der Waals surface area contributed by atoms with Gasteiger partial charge >= 0.3 is 12.2 Å². The van der Waals surface area contributed by atoms with Gasteiger partial charge in [-0.15, -0.1) is 5.10 Å². The van der Waals surface area contributed by atoms with Crippen LogP contribution in [0.25, 0.3) is 0 Å². The molecule has 1 aromatic carbocycles. The zero-order chi connectivity index (χ0) is 27.2. The monoisotopic (exact) mass is 556 g/mol. The van der Waals surface area contributed by atoms with E-state index in [1.165, 1.54) is 24.4 Å². The second kappa shape index (κ2) is 10.0. The number of ether oxygens (including phenoxy) is 1. The summed E-state index contributed by atoms with van der Waals surface area (Å²) in [5.41, 5.74) is 0.397. The van der Waals surface area contributed by atoms with Crippen molar-refractivity contribution < 1.29 is 31.1 Å². The van der Waals surface area contributed by atoms with Crippen LogP contribution in [-0.4, -0.2) is 92.3 Å². The fraction of sp³-hybridized carbons (Fsp3) is 0.583. The zero-order valence-electron chi connectivity index (χ0n) is 21.2. The summed E-state index contributed by atoms with van der Waals surface area (Å²) in [6.07, 6.45) is -2.04. The Bertz CT molecular complexity index is 1290. The molecule has 3 saturated heterocycles. The van der Waals surface area contributed by atoms with E-state index in [9.17, 15) is 26.4 Å². The van der Waals surface area contributed by atoms with Crippen LogP contribution in [0.5, 0.6) is 0 Å². The molecule has 2 aromatic rings. The van der Waals surface area contributed by atoms with Gasteiger partial charge in [-0.2, -0.15) is 17.9 Å². The van der Waals surface area contributed by atoms with E-state index in [0.717, 1.165) is 16.5 Å². The fourth-order valence-electron chi connectivity index (χ4n) is 5.52. The van der Waals surface area contributed by atoms with Gasteiger partial charge in [-0.25, -0.2) is 13.2 Å². The van der Waals surface area contributed by atoms with E-state index in [0.29, 0.717) is 52.5 Å². The minimum absolute atomic E-state index is 0.0501. The molecule has 1 N–H and O–H groups in total. The van der Waals surface area contributed by atoms with Crippen molar-refractivity contribution in [2.45, 2.75) is 25.7 Å². The second-order valence-electron chi connectivity index (χ2n) is 10.4. The molecule has 0 spiro atoms. The average Bonchev–Trinajstić information content (AvgIpc) is 3.55. The van der Waals surface area contributed by atoms with Gasteiger partial charge in [-0.1, -0.05) is 6.07 Å². The van der Waals surface area contributed by atoms with Crippen LogP contribution < -0.4 is 9.62 Å². The van der Waals surface area contributed by atoms with E-state index in [2.05, 4.69) is 14.7 Å². The molecule has 5 rings (SSSR count). The number of hydrogen-bond donors (Lipinski definition) is 1. The zero-order valence-corrected chi connectivity index (χ0v) is 22.0. The van der Waals surface area contributed by atoms with Crippen molar-refractivity contribution in [3.63, 3.8) is 0 Å². The molecular formula is C24H31F3N6O4S. The minimum Gasteiger partial charge on any atom is -0.381 e. The number of carbonyl (C=O) groups excluding carboxylic acids is 1. The number of nitrogens with one attached hydrogen (secondary N) is 1. The first-order chi connectivity index (χ1) is 17.9. The molecule has 1 amide bonds. The summed E-state index contributed by atoms with van der Waals surface area (Å²) in [6, 6.07) is 5.36. The van der Waals surface area contributed by atoms with E-state index in [1.54, 1.807) is 11.0 Å². The molecule has 3 fully saturated rings. The Labute approximate surface area is 219 Å². The number of benzene rings is 1. The van der Waals surface area contributed by atoms with Gasteiger partial charge in [-0.3, -0.25) is 9.62 Å². The van der Waals surface area contributed by atoms with Crippen molar-refractivity contribution in [3.8, 4) is 0 Å². The van der Waals surface area contributed by atoms with Gasteiger partial charge < -0.3 is 14.5 Å². The predicted octanol–water partition coefficient (Wildman–Crippen LogP) is 2.53. The molecule has 0 radical (unpaired) electrons. The Kier molecular flexibility index (Phi) is 7.07. The lowest BCUT2D eigenvalue weighted by Gasteiger charge is -2.39. The summed E-state index contributed by atoms with van der Waals surface area (Å²) >= 11 is 0. The number of alkyl halides is 3. The number of amides is 1. The lowest BCUT2D eigenvalue weighted by molar-refractivity contribution is -0.137. The first-order valence-electron chi connectivity index (χ1n) is 12.5. The molecule has 0 aliphatic carbocycles. The van der Waals surface area contributed by atoms with Gasteiger partial charge in [0.25, 0.3) is 0 Å². The number of anilines is 2. The second-order valence-corrected chi connectivity index (χ2v) is 12.1. The van der Waals surface area contributed by atoms with Crippen molar-refractivity contribution in [2.75, 3.05) is 61.8 Å². The van der Waals surface area contributed by atoms with Gasteiger partial charge in [0.1, 0.15) is 0 Å². The van der Waals surface area contributed by atoms with Crippen LogP contribution in [0.1, 0.15) is 18.1 Å². The number of rotatable bonds is 5. The van der Waals surface area contributed by atoms with E-state index in [1.807, 2.05) is 11.8 Å². The van der Waals surface area contributed by atoms with Crippen molar-refractivity contribution in [1.82, 2.24) is 19.6 Å². The Morgan fingerprint density at radius 2 is 1.84 bits per heavy atom. The molecule has 14 heteroatoms. The number of fused-ring (bicyclic) bond motifs is 1. The number of piperazine rings is 1. The molecule has 3 atom stereocenters. The fourth-order valence-corrected chi connectivity index (χ4v) is 6.01. The van der Waals surface area contributed by atoms with Crippen molar-refractivity contribution in [1.29, 1.82) is 0 Å². The molecule has 0 bridgehead atoms. The molecule has 2 unspecified atom stereocenters. The molecule has 0 saturated carbocycles. The molecule has 208 valence electrons. The molecule has 3 aliphatic rings. The van der Waals surface area contributed by atoms with Crippen LogP contribution in [0.2, 0.25) is 0 Å². The maximum absolute atomic E-state index is 13.8. The van der Waals surface area contributed by atoms with Crippen LogP contribution in [-0.2, 0) is 27.5 Å². The van der Waals surface area contributed by atoms with Crippen LogP contribution >= 0.6 is 0 Å². The Morgan fingerprint density at radius 3 is 2.47 bits per heavy atom. The first kappa shape index (κ1) is 26.8. The summed E-state index contributed by atoms with van der Waals surface area (Å²) in [5.74, 6) is 0.580. The smallest absolute Gasteiger partial charge is 0.381 e. The summed E-state index contributed by atoms with van der Waals surface area (Å²) in [4.78, 5) is 18.5. The average molecular weight is 557 g/mol. The molecule has 10 nitrogen and oxygen atoms in total. The third kappa shape index (κ3) is 5.76. The van der Waals surface area contributed by atoms with E-state index >= 15 is 0 Å². The first-order valence-corrected chi connectivity index (χ1v) is 14.4. The summed E-state index contributed by atoms with van der Waals surface area (Å²) in [7, 11) is -3.51. The number of nitrogens with zero attached hydrogens (tertiary/aromatic N) is 5. The number of hydrogen-bond acceptors (Lipinski definition) is 7. The van der Waals surface area contributed by atoms with Gasteiger partial charge in [0.15, 0.2) is 5.82 Å². The summed E-state index contributed by atoms with van der Waals surface area (Å²) in [5, 5.41) is 4.00. The highest BCUT2D eigenvalue weighted by Crippen LogP contribution is 2.41. The Morgan fingerprint density at radius 1 is 1.13 bits per heavy atom.